The second-order valence-corrected chi connectivity index (χ2v) is 4.92. The molecule has 2 rings (SSSR count). The van der Waals surface area contributed by atoms with Crippen LogP contribution in [-0.4, -0.2) is 41.4 Å². The van der Waals surface area contributed by atoms with Crippen LogP contribution in [0.4, 0.5) is 20.3 Å². The summed E-state index contributed by atoms with van der Waals surface area (Å²) >= 11 is 5.91. The van der Waals surface area contributed by atoms with Crippen LogP contribution in [0.2, 0.25) is 5.15 Å². The first kappa shape index (κ1) is 17.2. The van der Waals surface area contributed by atoms with Crippen LogP contribution < -0.4 is 15.4 Å². The normalized spacial score (nSPS) is 11.9. The van der Waals surface area contributed by atoms with Gasteiger partial charge in [0.05, 0.1) is 0 Å². The first-order valence-corrected chi connectivity index (χ1v) is 7.07. The lowest BCUT2D eigenvalue weighted by Crippen LogP contribution is -2.27. The smallest absolute Gasteiger partial charge is 0.162 e. The minimum atomic E-state index is -1.01. The molecule has 0 fully saturated rings. The number of rotatable bonds is 7. The van der Waals surface area contributed by atoms with Gasteiger partial charge in [-0.1, -0.05) is 11.6 Å². The number of nitrogens with zero attached hydrogens (tertiary/aromatic N) is 2. The van der Waals surface area contributed by atoms with Crippen LogP contribution >= 0.6 is 11.6 Å². The minimum Gasteiger partial charge on any atom is -0.491 e. The summed E-state index contributed by atoms with van der Waals surface area (Å²) in [6.45, 7) is 0.0114. The van der Waals surface area contributed by atoms with E-state index in [4.69, 9.17) is 16.3 Å². The van der Waals surface area contributed by atoms with Crippen molar-refractivity contribution in [1.82, 2.24) is 9.97 Å². The van der Waals surface area contributed by atoms with Crippen molar-refractivity contribution in [3.8, 4) is 5.75 Å². The molecule has 0 radical (unpaired) electrons. The molecule has 1 unspecified atom stereocenters. The highest BCUT2D eigenvalue weighted by Gasteiger charge is 2.11. The molecule has 2 aromatic rings. The van der Waals surface area contributed by atoms with E-state index in [1.807, 2.05) is 0 Å². The van der Waals surface area contributed by atoms with Gasteiger partial charge in [-0.05, 0) is 12.1 Å². The number of hydrogen-bond acceptors (Lipinski definition) is 6. The van der Waals surface area contributed by atoms with E-state index >= 15 is 0 Å². The lowest BCUT2D eigenvalue weighted by Gasteiger charge is -2.15. The lowest BCUT2D eigenvalue weighted by atomic mass is 10.3. The third kappa shape index (κ3) is 4.64. The molecule has 0 aliphatic heterocycles. The molecule has 0 aliphatic rings. The number of aliphatic hydroxyl groups excluding tert-OH is 1. The summed E-state index contributed by atoms with van der Waals surface area (Å²) in [7, 11) is 1.67. The summed E-state index contributed by atoms with van der Waals surface area (Å²) in [5, 5.41) is 15.9. The van der Waals surface area contributed by atoms with E-state index in [9.17, 15) is 13.9 Å². The van der Waals surface area contributed by atoms with Crippen LogP contribution in [0.5, 0.6) is 5.75 Å². The van der Waals surface area contributed by atoms with Gasteiger partial charge in [-0.15, -0.1) is 0 Å². The van der Waals surface area contributed by atoms with Gasteiger partial charge in [0, 0.05) is 19.7 Å². The Morgan fingerprint density at radius 3 is 2.78 bits per heavy atom. The molecule has 1 aromatic carbocycles. The Morgan fingerprint density at radius 1 is 1.30 bits per heavy atom. The number of hydrogen-bond donors (Lipinski definition) is 3. The van der Waals surface area contributed by atoms with Gasteiger partial charge in [0.2, 0.25) is 0 Å². The van der Waals surface area contributed by atoms with Crippen molar-refractivity contribution in [2.24, 2.45) is 0 Å². The van der Waals surface area contributed by atoms with Gasteiger partial charge in [0.25, 0.3) is 0 Å². The van der Waals surface area contributed by atoms with E-state index in [0.717, 1.165) is 12.1 Å². The summed E-state index contributed by atoms with van der Waals surface area (Å²) in [5.74, 6) is -1.41. The van der Waals surface area contributed by atoms with Gasteiger partial charge in [-0.2, -0.15) is 0 Å². The maximum Gasteiger partial charge on any atom is 0.162 e. The van der Waals surface area contributed by atoms with Crippen molar-refractivity contribution in [3.63, 3.8) is 0 Å². The van der Waals surface area contributed by atoms with Crippen molar-refractivity contribution >= 4 is 23.1 Å². The average molecular weight is 345 g/mol. The maximum atomic E-state index is 13.0. The van der Waals surface area contributed by atoms with Crippen LogP contribution in [0, 0.1) is 11.6 Å². The quantitative estimate of drug-likeness (QED) is 0.669. The summed E-state index contributed by atoms with van der Waals surface area (Å²) in [5.41, 5.74) is 0.503. The molecule has 9 heteroatoms. The molecule has 0 spiro atoms. The fourth-order valence-electron chi connectivity index (χ4n) is 1.75. The molecule has 0 amide bonds. The fraction of sp³-hybridized carbons (Fsp3) is 0.286. The molecule has 6 nitrogen and oxygen atoms in total. The van der Waals surface area contributed by atoms with E-state index in [1.54, 1.807) is 7.05 Å². The Labute approximate surface area is 136 Å². The van der Waals surface area contributed by atoms with Gasteiger partial charge in [0.1, 0.15) is 30.5 Å². The maximum absolute atomic E-state index is 13.0. The third-order valence-corrected chi connectivity index (χ3v) is 3.18. The zero-order valence-electron chi connectivity index (χ0n) is 12.2. The molecule has 1 aromatic heterocycles. The van der Waals surface area contributed by atoms with Crippen LogP contribution in [0.15, 0.2) is 24.5 Å². The van der Waals surface area contributed by atoms with E-state index in [-0.39, 0.29) is 24.1 Å². The molecular formula is C14H15ClF2N4O2. The van der Waals surface area contributed by atoms with Gasteiger partial charge >= 0.3 is 0 Å². The largest absolute Gasteiger partial charge is 0.491 e. The van der Waals surface area contributed by atoms with Crippen LogP contribution in [0.25, 0.3) is 0 Å². The molecule has 23 heavy (non-hydrogen) atoms. The highest BCUT2D eigenvalue weighted by atomic mass is 35.5. The van der Waals surface area contributed by atoms with Crippen molar-refractivity contribution in [3.05, 3.63) is 41.3 Å². The predicted molar refractivity (Wildman–Crippen MR) is 82.9 cm³/mol. The van der Waals surface area contributed by atoms with Crippen LogP contribution in [0.3, 0.4) is 0 Å². The molecule has 124 valence electrons. The van der Waals surface area contributed by atoms with Gasteiger partial charge in [-0.3, -0.25) is 0 Å². The van der Waals surface area contributed by atoms with Crippen molar-refractivity contribution in [2.75, 3.05) is 30.8 Å². The number of nitrogens with one attached hydrogen (secondary N) is 2. The Hall–Kier alpha value is -2.19. The average Bonchev–Trinajstić information content (AvgIpc) is 2.54. The second-order valence-electron chi connectivity index (χ2n) is 4.56. The zero-order chi connectivity index (χ0) is 16.8. The number of benzene rings is 1. The molecule has 3 N–H and O–H groups in total. The monoisotopic (exact) mass is 344 g/mol. The molecule has 1 atom stereocenters. The topological polar surface area (TPSA) is 79.3 Å². The second kappa shape index (κ2) is 7.89. The Kier molecular flexibility index (Phi) is 5.89. The summed E-state index contributed by atoms with van der Waals surface area (Å²) in [4.78, 5) is 7.84. The number of aromatic nitrogens is 2. The molecule has 0 saturated heterocycles. The van der Waals surface area contributed by atoms with Crippen LogP contribution in [0.1, 0.15) is 0 Å². The SMILES string of the molecule is CNc1c(Cl)ncnc1NCC(O)COc1ccc(F)c(F)c1. The van der Waals surface area contributed by atoms with Crippen molar-refractivity contribution in [1.29, 1.82) is 0 Å². The number of aliphatic hydroxyl groups is 1. The predicted octanol–water partition coefficient (Wildman–Crippen LogP) is 2.30. The molecular weight excluding hydrogens is 330 g/mol. The first-order chi connectivity index (χ1) is 11.0. The Morgan fingerprint density at radius 2 is 2.09 bits per heavy atom. The Bertz CT molecular complexity index is 675. The number of halogens is 3. The standard InChI is InChI=1S/C14H15ClF2N4O2/c1-18-12-13(15)20-7-21-14(12)19-5-8(22)6-23-9-2-3-10(16)11(17)4-9/h2-4,7-8,18,22H,5-6H2,1H3,(H,19,20,21). The molecule has 0 saturated carbocycles. The van der Waals surface area contributed by atoms with E-state index < -0.39 is 17.7 Å². The van der Waals surface area contributed by atoms with E-state index in [0.29, 0.717) is 11.5 Å². The highest BCUT2D eigenvalue weighted by molar-refractivity contribution is 6.32. The Balaban J connectivity index is 1.87. The van der Waals surface area contributed by atoms with E-state index in [2.05, 4.69) is 20.6 Å². The van der Waals surface area contributed by atoms with Crippen molar-refractivity contribution in [2.45, 2.75) is 6.10 Å². The summed E-state index contributed by atoms with van der Waals surface area (Å²) in [6.07, 6.45) is 0.386. The minimum absolute atomic E-state index is 0.105. The number of ether oxygens (including phenoxy) is 1. The molecule has 0 aliphatic carbocycles. The molecule has 1 heterocycles. The van der Waals surface area contributed by atoms with Crippen molar-refractivity contribution < 1.29 is 18.6 Å². The summed E-state index contributed by atoms with van der Waals surface area (Å²) in [6, 6.07) is 3.15. The highest BCUT2D eigenvalue weighted by Crippen LogP contribution is 2.25. The first-order valence-electron chi connectivity index (χ1n) is 6.69. The lowest BCUT2D eigenvalue weighted by molar-refractivity contribution is 0.117. The fourth-order valence-corrected chi connectivity index (χ4v) is 1.98. The summed E-state index contributed by atoms with van der Waals surface area (Å²) < 4.78 is 31.0. The van der Waals surface area contributed by atoms with Gasteiger partial charge < -0.3 is 20.5 Å². The third-order valence-electron chi connectivity index (χ3n) is 2.89. The van der Waals surface area contributed by atoms with Gasteiger partial charge in [0.15, 0.2) is 22.6 Å². The van der Waals surface area contributed by atoms with E-state index in [1.165, 1.54) is 12.4 Å². The van der Waals surface area contributed by atoms with Gasteiger partial charge in [-0.25, -0.2) is 18.7 Å². The molecule has 0 bridgehead atoms. The van der Waals surface area contributed by atoms with Crippen LogP contribution in [-0.2, 0) is 0 Å². The number of anilines is 2. The zero-order valence-corrected chi connectivity index (χ0v) is 12.9.